The molecule has 0 fully saturated rings. The summed E-state index contributed by atoms with van der Waals surface area (Å²) in [6.07, 6.45) is 29.8. The molecule has 0 amide bonds. The van der Waals surface area contributed by atoms with E-state index in [2.05, 4.69) is 13.8 Å². The molecule has 0 aliphatic heterocycles. The normalized spacial score (nSPS) is 12.1. The Balaban J connectivity index is 5.16. The summed E-state index contributed by atoms with van der Waals surface area (Å²) in [5.41, 5.74) is -2.23. The molecule has 0 saturated carbocycles. The minimum absolute atomic E-state index is 0.0319. The van der Waals surface area contributed by atoms with E-state index >= 15 is 0 Å². The van der Waals surface area contributed by atoms with Crippen LogP contribution in [0.15, 0.2) is 0 Å². The molecule has 0 saturated heterocycles. The standard InChI is InChI=1S/C55H101NO13/c1-6-8-10-21-29-37-49(57)64-42-32-24-17-13-19-27-35-45-67-53(61)48-55(69-51(59)39-40-56(3)4,47-52(60)66-44-34-26-16-12-15-23-31-41-63-5)54(62)68-46-36-28-20-14-18-25-33-43-65-50(58)38-30-22-11-9-7-2/h6-48H2,1-5H3. The molecule has 0 spiro atoms. The molecule has 1 unspecified atom stereocenters. The Kier molecular flexibility index (Phi) is 46.1. The van der Waals surface area contributed by atoms with Gasteiger partial charge in [-0.2, -0.15) is 0 Å². The van der Waals surface area contributed by atoms with Crippen LogP contribution in [0.4, 0.5) is 0 Å². The molecule has 0 aromatic heterocycles. The summed E-state index contributed by atoms with van der Waals surface area (Å²) < 4.78 is 38.5. The van der Waals surface area contributed by atoms with Crippen LogP contribution in [0.5, 0.6) is 0 Å². The second-order valence-corrected chi connectivity index (χ2v) is 19.1. The van der Waals surface area contributed by atoms with E-state index in [-0.39, 0.29) is 38.2 Å². The summed E-state index contributed by atoms with van der Waals surface area (Å²) in [7, 11) is 5.31. The van der Waals surface area contributed by atoms with E-state index in [0.717, 1.165) is 154 Å². The maximum atomic E-state index is 14.0. The van der Waals surface area contributed by atoms with Crippen LogP contribution < -0.4 is 0 Å². The number of hydrogen-bond acceptors (Lipinski definition) is 14. The van der Waals surface area contributed by atoms with Gasteiger partial charge in [-0.3, -0.25) is 24.0 Å². The Bertz CT molecular complexity index is 1280. The van der Waals surface area contributed by atoms with Crippen molar-refractivity contribution < 1.29 is 61.9 Å². The van der Waals surface area contributed by atoms with E-state index < -0.39 is 42.3 Å². The average Bonchev–Trinajstić information content (AvgIpc) is 3.32. The van der Waals surface area contributed by atoms with Crippen molar-refractivity contribution in [2.75, 3.05) is 67.4 Å². The van der Waals surface area contributed by atoms with Crippen molar-refractivity contribution in [2.24, 2.45) is 0 Å². The molecule has 0 heterocycles. The quantitative estimate of drug-likeness (QED) is 0.0320. The third-order valence-corrected chi connectivity index (χ3v) is 12.1. The van der Waals surface area contributed by atoms with E-state index in [9.17, 15) is 28.8 Å². The first kappa shape index (κ1) is 65.7. The Labute approximate surface area is 419 Å². The summed E-state index contributed by atoms with van der Waals surface area (Å²) in [5.74, 6) is -3.44. The Hall–Kier alpha value is -3.26. The van der Waals surface area contributed by atoms with Gasteiger partial charge < -0.3 is 38.1 Å². The number of carbonyl (C=O) groups is 6. The van der Waals surface area contributed by atoms with Crippen LogP contribution in [0, 0.1) is 0 Å². The number of unbranched alkanes of at least 4 members (excludes halogenated alkanes) is 26. The molecule has 0 aliphatic carbocycles. The molecule has 0 N–H and O–H groups in total. The van der Waals surface area contributed by atoms with Crippen molar-refractivity contribution >= 4 is 35.8 Å². The van der Waals surface area contributed by atoms with E-state index in [1.54, 1.807) is 26.1 Å². The predicted octanol–water partition coefficient (Wildman–Crippen LogP) is 12.3. The van der Waals surface area contributed by atoms with Crippen LogP contribution in [0.3, 0.4) is 0 Å². The monoisotopic (exact) mass is 984 g/mol. The molecule has 0 radical (unpaired) electrons. The Morgan fingerprint density at radius 2 is 0.652 bits per heavy atom. The van der Waals surface area contributed by atoms with Crippen LogP contribution in [0.25, 0.3) is 0 Å². The number of carbonyl (C=O) groups excluding carboxylic acids is 6. The van der Waals surface area contributed by atoms with Crippen LogP contribution in [0.2, 0.25) is 0 Å². The Morgan fingerprint density at radius 1 is 0.348 bits per heavy atom. The molecule has 0 rings (SSSR count). The van der Waals surface area contributed by atoms with Gasteiger partial charge in [-0.05, 0) is 65.5 Å². The molecular weight excluding hydrogens is 883 g/mol. The lowest BCUT2D eigenvalue weighted by Crippen LogP contribution is -2.49. The number of hydrogen-bond donors (Lipinski definition) is 0. The number of esters is 6. The fourth-order valence-electron chi connectivity index (χ4n) is 7.81. The summed E-state index contributed by atoms with van der Waals surface area (Å²) >= 11 is 0. The highest BCUT2D eigenvalue weighted by Gasteiger charge is 2.49. The van der Waals surface area contributed by atoms with E-state index in [4.69, 9.17) is 33.2 Å². The number of rotatable bonds is 51. The predicted molar refractivity (Wildman–Crippen MR) is 272 cm³/mol. The van der Waals surface area contributed by atoms with Crippen LogP contribution in [0.1, 0.15) is 245 Å². The van der Waals surface area contributed by atoms with Crippen molar-refractivity contribution in [2.45, 2.75) is 251 Å². The van der Waals surface area contributed by atoms with E-state index in [0.29, 0.717) is 51.9 Å². The van der Waals surface area contributed by atoms with Crippen LogP contribution in [-0.2, 0) is 61.9 Å². The lowest BCUT2D eigenvalue weighted by atomic mass is 9.94. The highest BCUT2D eigenvalue weighted by molar-refractivity contribution is 5.92. The van der Waals surface area contributed by atoms with Gasteiger partial charge in [-0.15, -0.1) is 0 Å². The molecule has 69 heavy (non-hydrogen) atoms. The van der Waals surface area contributed by atoms with Crippen molar-refractivity contribution in [1.29, 1.82) is 0 Å². The Morgan fingerprint density at radius 3 is 1.00 bits per heavy atom. The fourth-order valence-corrected chi connectivity index (χ4v) is 7.81. The van der Waals surface area contributed by atoms with Gasteiger partial charge in [0, 0.05) is 33.1 Å². The molecule has 1 atom stereocenters. The van der Waals surface area contributed by atoms with Gasteiger partial charge in [0.1, 0.15) is 0 Å². The number of ether oxygens (including phenoxy) is 7. The summed E-state index contributed by atoms with van der Waals surface area (Å²) in [4.78, 5) is 79.7. The lowest BCUT2D eigenvalue weighted by molar-refractivity contribution is -0.191. The van der Waals surface area contributed by atoms with Gasteiger partial charge >= 0.3 is 35.8 Å². The summed E-state index contributed by atoms with van der Waals surface area (Å²) in [6, 6.07) is 0. The lowest BCUT2D eigenvalue weighted by Gasteiger charge is -2.30. The van der Waals surface area contributed by atoms with Crippen LogP contribution >= 0.6 is 0 Å². The first-order valence-electron chi connectivity index (χ1n) is 27.6. The maximum Gasteiger partial charge on any atom is 0.351 e. The van der Waals surface area contributed by atoms with Crippen molar-refractivity contribution in [3.8, 4) is 0 Å². The maximum absolute atomic E-state index is 14.0. The number of methoxy groups -OCH3 is 1. The van der Waals surface area contributed by atoms with Gasteiger partial charge in [-0.1, -0.05) is 162 Å². The van der Waals surface area contributed by atoms with Crippen molar-refractivity contribution in [1.82, 2.24) is 4.90 Å². The topological polar surface area (TPSA) is 170 Å². The van der Waals surface area contributed by atoms with Crippen molar-refractivity contribution in [3.63, 3.8) is 0 Å². The molecule has 0 bridgehead atoms. The third-order valence-electron chi connectivity index (χ3n) is 12.1. The zero-order chi connectivity index (χ0) is 50.9. The molecular formula is C55H101NO13. The van der Waals surface area contributed by atoms with Crippen molar-refractivity contribution in [3.05, 3.63) is 0 Å². The van der Waals surface area contributed by atoms with Gasteiger partial charge in [0.25, 0.3) is 0 Å². The molecule has 404 valence electrons. The smallest absolute Gasteiger partial charge is 0.351 e. The molecule has 14 nitrogen and oxygen atoms in total. The van der Waals surface area contributed by atoms with Gasteiger partial charge in [0.2, 0.25) is 5.60 Å². The largest absolute Gasteiger partial charge is 0.466 e. The highest BCUT2D eigenvalue weighted by atomic mass is 16.6. The third kappa shape index (κ3) is 43.3. The summed E-state index contributed by atoms with van der Waals surface area (Å²) in [6.45, 7) is 6.64. The zero-order valence-corrected chi connectivity index (χ0v) is 44.7. The first-order chi connectivity index (χ1) is 33.5. The first-order valence-corrected chi connectivity index (χ1v) is 27.6. The SMILES string of the molecule is CCCCCCCC(=O)OCCCCCCCCCOC(=O)CC(CC(=O)OCCCCCCCCCOC)(OC(=O)CCN(C)C)C(=O)OCCCCCCCCCOC(=O)CCCCCCC. The second kappa shape index (κ2) is 48.4. The molecule has 0 aromatic carbocycles. The molecule has 14 heteroatoms. The number of nitrogens with zero attached hydrogens (tertiary/aromatic N) is 1. The van der Waals surface area contributed by atoms with E-state index in [1.165, 1.54) is 32.1 Å². The van der Waals surface area contributed by atoms with Gasteiger partial charge in [0.15, 0.2) is 0 Å². The summed E-state index contributed by atoms with van der Waals surface area (Å²) in [5, 5.41) is 0. The second-order valence-electron chi connectivity index (χ2n) is 19.1. The average molecular weight is 984 g/mol. The van der Waals surface area contributed by atoms with Gasteiger partial charge in [-0.25, -0.2) is 4.79 Å². The van der Waals surface area contributed by atoms with Crippen LogP contribution in [-0.4, -0.2) is 114 Å². The van der Waals surface area contributed by atoms with E-state index in [1.807, 2.05) is 0 Å². The van der Waals surface area contributed by atoms with Gasteiger partial charge in [0.05, 0.1) is 52.3 Å². The molecule has 0 aromatic rings. The minimum Gasteiger partial charge on any atom is -0.466 e. The minimum atomic E-state index is -2.23. The zero-order valence-electron chi connectivity index (χ0n) is 44.7. The fraction of sp³-hybridized carbons (Fsp3) is 0.891. The highest BCUT2D eigenvalue weighted by Crippen LogP contribution is 2.27. The molecule has 0 aliphatic rings.